The molecule has 4 aromatic rings. The zero-order valence-corrected chi connectivity index (χ0v) is 23.3. The van der Waals surface area contributed by atoms with Crippen LogP contribution >= 0.6 is 23.2 Å². The van der Waals surface area contributed by atoms with Gasteiger partial charge in [-0.2, -0.15) is 0 Å². The fraction of sp³-hybridized carbons (Fsp3) is 0.200. The average molecular weight is 600 g/mol. The molecule has 0 unspecified atom stereocenters. The predicted octanol–water partition coefficient (Wildman–Crippen LogP) is 6.38. The molecule has 0 spiro atoms. The Bertz CT molecular complexity index is 1520. The molecule has 0 radical (unpaired) electrons. The maximum atomic E-state index is 13.8. The summed E-state index contributed by atoms with van der Waals surface area (Å²) in [6.07, 6.45) is -0.918. The van der Waals surface area contributed by atoms with E-state index < -0.39 is 6.10 Å². The van der Waals surface area contributed by atoms with Gasteiger partial charge in [-0.1, -0.05) is 59.6 Å². The van der Waals surface area contributed by atoms with Gasteiger partial charge in [-0.15, -0.1) is 4.91 Å². The molecule has 0 saturated heterocycles. The van der Waals surface area contributed by atoms with Crippen molar-refractivity contribution in [2.75, 3.05) is 18.9 Å². The van der Waals surface area contributed by atoms with Gasteiger partial charge >= 0.3 is 0 Å². The van der Waals surface area contributed by atoms with E-state index in [-0.39, 0.29) is 50.1 Å². The summed E-state index contributed by atoms with van der Waals surface area (Å²) in [6, 6.07) is 19.7. The number of nitrogens with one attached hydrogen (secondary N) is 1. The second kappa shape index (κ2) is 14.2. The summed E-state index contributed by atoms with van der Waals surface area (Å²) in [4.78, 5) is 10.8. The van der Waals surface area contributed by atoms with Gasteiger partial charge in [-0.25, -0.2) is 4.39 Å². The largest absolute Gasteiger partial charge is 0.488 e. The Morgan fingerprint density at radius 3 is 2.46 bits per heavy atom. The summed E-state index contributed by atoms with van der Waals surface area (Å²) >= 11 is 13.2. The van der Waals surface area contributed by atoms with Gasteiger partial charge in [0, 0.05) is 35.8 Å². The normalized spacial score (nSPS) is 11.7. The third-order valence-electron chi connectivity index (χ3n) is 6.20. The highest BCUT2D eigenvalue weighted by Crippen LogP contribution is 2.36. The van der Waals surface area contributed by atoms with Crippen LogP contribution in [0.1, 0.15) is 16.7 Å². The Labute approximate surface area is 246 Å². The van der Waals surface area contributed by atoms with E-state index in [9.17, 15) is 14.4 Å². The molecule has 0 aliphatic rings. The lowest BCUT2D eigenvalue weighted by atomic mass is 10.0. The van der Waals surface area contributed by atoms with Gasteiger partial charge in [-0.05, 0) is 46.6 Å². The van der Waals surface area contributed by atoms with Crippen molar-refractivity contribution < 1.29 is 24.1 Å². The number of benzene rings is 4. The van der Waals surface area contributed by atoms with Crippen LogP contribution in [0.15, 0.2) is 78.0 Å². The third kappa shape index (κ3) is 7.93. The number of nitroso groups, excluding NO2 is 1. The SMILES string of the molecule is Nc1cc(COc2cc(OCc3cccc(-c4cccc(F)c4)c3Cl)c(Cl)cc2CNC[C@H](O)CO)ccc1N=O. The smallest absolute Gasteiger partial charge is 0.142 e. The number of hydrogen-bond donors (Lipinski definition) is 4. The van der Waals surface area contributed by atoms with Gasteiger partial charge in [0.2, 0.25) is 0 Å². The molecule has 0 saturated carbocycles. The first-order valence-electron chi connectivity index (χ1n) is 12.6. The van der Waals surface area contributed by atoms with Crippen molar-refractivity contribution >= 4 is 34.6 Å². The van der Waals surface area contributed by atoms with Crippen LogP contribution in [0.5, 0.6) is 11.5 Å². The van der Waals surface area contributed by atoms with Crippen LogP contribution in [-0.2, 0) is 19.8 Å². The van der Waals surface area contributed by atoms with Crippen LogP contribution in [0.4, 0.5) is 15.8 Å². The molecule has 41 heavy (non-hydrogen) atoms. The molecule has 0 amide bonds. The molecule has 8 nitrogen and oxygen atoms in total. The van der Waals surface area contributed by atoms with E-state index in [0.717, 1.165) is 0 Å². The van der Waals surface area contributed by atoms with E-state index in [0.29, 0.717) is 49.4 Å². The summed E-state index contributed by atoms with van der Waals surface area (Å²) < 4.78 is 25.9. The van der Waals surface area contributed by atoms with E-state index >= 15 is 0 Å². The maximum absolute atomic E-state index is 13.8. The Balaban J connectivity index is 1.56. The van der Waals surface area contributed by atoms with Crippen LogP contribution in [0, 0.1) is 10.7 Å². The molecule has 0 aliphatic heterocycles. The van der Waals surface area contributed by atoms with Gasteiger partial charge in [-0.3, -0.25) is 0 Å². The molecular weight excluding hydrogens is 572 g/mol. The molecule has 0 aliphatic carbocycles. The molecule has 0 bridgehead atoms. The van der Waals surface area contributed by atoms with E-state index in [1.54, 1.807) is 42.5 Å². The van der Waals surface area contributed by atoms with E-state index in [1.807, 2.05) is 12.1 Å². The minimum atomic E-state index is -0.918. The molecule has 214 valence electrons. The van der Waals surface area contributed by atoms with E-state index in [1.165, 1.54) is 18.2 Å². The molecule has 0 heterocycles. The zero-order valence-electron chi connectivity index (χ0n) is 21.8. The first-order valence-corrected chi connectivity index (χ1v) is 13.4. The van der Waals surface area contributed by atoms with Crippen molar-refractivity contribution in [3.05, 3.63) is 110 Å². The number of hydrogen-bond acceptors (Lipinski definition) is 8. The summed E-state index contributed by atoms with van der Waals surface area (Å²) in [6.45, 7) is 0.267. The van der Waals surface area contributed by atoms with Gasteiger partial charge in [0.05, 0.1) is 28.4 Å². The Morgan fingerprint density at radius 1 is 0.951 bits per heavy atom. The molecule has 4 rings (SSSR count). The van der Waals surface area contributed by atoms with Crippen LogP contribution in [0.2, 0.25) is 10.0 Å². The van der Waals surface area contributed by atoms with Gasteiger partial charge in [0.25, 0.3) is 0 Å². The lowest BCUT2D eigenvalue weighted by Gasteiger charge is -2.17. The van der Waals surface area contributed by atoms with Crippen molar-refractivity contribution in [1.82, 2.24) is 5.32 Å². The highest BCUT2D eigenvalue weighted by Gasteiger charge is 2.15. The summed E-state index contributed by atoms with van der Waals surface area (Å²) in [5, 5.41) is 25.4. The Morgan fingerprint density at radius 2 is 1.73 bits per heavy atom. The van der Waals surface area contributed by atoms with Crippen LogP contribution < -0.4 is 20.5 Å². The maximum Gasteiger partial charge on any atom is 0.142 e. The zero-order chi connectivity index (χ0) is 29.4. The number of aliphatic hydroxyl groups is 2. The fourth-order valence-corrected chi connectivity index (χ4v) is 4.59. The number of anilines is 1. The standard InChI is InChI=1S/C30H28Cl2FN3O5/c31-25-11-21(13-35-14-23(38)15-37)28(40-16-18-7-8-27(36-39)26(34)9-18)12-29(25)41-17-20-4-2-6-24(30(20)32)19-3-1-5-22(33)10-19/h1-12,23,35,37-38H,13-17,34H2/t23-/m0/s1. The second-order valence-corrected chi connectivity index (χ2v) is 9.99. The van der Waals surface area contributed by atoms with E-state index in [4.69, 9.17) is 43.5 Å². The Hall–Kier alpha value is -3.73. The molecule has 4 aromatic carbocycles. The first-order chi connectivity index (χ1) is 19.8. The minimum absolute atomic E-state index is 0.0815. The lowest BCUT2D eigenvalue weighted by molar-refractivity contribution is 0.0941. The lowest BCUT2D eigenvalue weighted by Crippen LogP contribution is -2.29. The molecule has 0 fully saturated rings. The van der Waals surface area contributed by atoms with Gasteiger partial charge < -0.3 is 30.7 Å². The number of halogens is 3. The van der Waals surface area contributed by atoms with Crippen molar-refractivity contribution in [2.24, 2.45) is 5.18 Å². The second-order valence-electron chi connectivity index (χ2n) is 9.21. The van der Waals surface area contributed by atoms with Gasteiger partial charge in [0.15, 0.2) is 0 Å². The summed E-state index contributed by atoms with van der Waals surface area (Å²) in [7, 11) is 0. The molecule has 11 heteroatoms. The van der Waals surface area contributed by atoms with E-state index in [2.05, 4.69) is 10.5 Å². The number of nitrogens with zero attached hydrogens (tertiary/aromatic N) is 1. The number of rotatable bonds is 13. The molecular formula is C30H28Cl2FN3O5. The van der Waals surface area contributed by atoms with Crippen molar-refractivity contribution in [3.63, 3.8) is 0 Å². The number of nitrogen functional groups attached to an aromatic ring is 1. The predicted molar refractivity (Wildman–Crippen MR) is 158 cm³/mol. The molecule has 1 atom stereocenters. The summed E-state index contributed by atoms with van der Waals surface area (Å²) in [5.74, 6) is 0.429. The third-order valence-corrected chi connectivity index (χ3v) is 6.95. The van der Waals surface area contributed by atoms with Crippen LogP contribution in [0.3, 0.4) is 0 Å². The highest BCUT2D eigenvalue weighted by molar-refractivity contribution is 6.34. The number of ether oxygens (including phenoxy) is 2. The number of nitrogens with two attached hydrogens (primary N) is 1. The van der Waals surface area contributed by atoms with Crippen molar-refractivity contribution in [2.45, 2.75) is 25.9 Å². The topological polar surface area (TPSA) is 126 Å². The average Bonchev–Trinajstić information content (AvgIpc) is 2.96. The van der Waals surface area contributed by atoms with Crippen molar-refractivity contribution in [1.29, 1.82) is 0 Å². The quantitative estimate of drug-likeness (QED) is 0.104. The van der Waals surface area contributed by atoms with Crippen LogP contribution in [0.25, 0.3) is 11.1 Å². The molecule has 0 aromatic heterocycles. The van der Waals surface area contributed by atoms with Gasteiger partial charge in [0.1, 0.15) is 36.2 Å². The summed E-state index contributed by atoms with van der Waals surface area (Å²) in [5.41, 5.74) is 9.63. The van der Waals surface area contributed by atoms with Crippen LogP contribution in [-0.4, -0.2) is 29.5 Å². The Kier molecular flexibility index (Phi) is 10.5. The highest BCUT2D eigenvalue weighted by atomic mass is 35.5. The monoisotopic (exact) mass is 599 g/mol. The first kappa shape index (κ1) is 30.2. The molecule has 5 N–H and O–H groups in total. The minimum Gasteiger partial charge on any atom is -0.488 e. The fourth-order valence-electron chi connectivity index (χ4n) is 4.06. The van der Waals surface area contributed by atoms with Crippen molar-refractivity contribution in [3.8, 4) is 22.6 Å². The number of aliphatic hydroxyl groups excluding tert-OH is 2.